The van der Waals surface area contributed by atoms with Crippen molar-refractivity contribution >= 4 is 5.91 Å². The lowest BCUT2D eigenvalue weighted by atomic mass is 10.1. The quantitative estimate of drug-likeness (QED) is 0.198. The molecule has 0 radical (unpaired) electrons. The SMILES string of the molecule is C=C(/C=C(\C=C(/CCCC)N(C)CC)C(=O)NN)N(C)CC1CC1C. The summed E-state index contributed by atoms with van der Waals surface area (Å²) >= 11 is 0. The van der Waals surface area contributed by atoms with Crippen LogP contribution in [0.25, 0.3) is 0 Å². The Balaban J connectivity index is 2.97. The van der Waals surface area contributed by atoms with E-state index in [-0.39, 0.29) is 5.91 Å². The lowest BCUT2D eigenvalue weighted by molar-refractivity contribution is -0.117. The van der Waals surface area contributed by atoms with Crippen LogP contribution in [0.1, 0.15) is 46.5 Å². The first-order valence-electron chi connectivity index (χ1n) is 9.38. The molecule has 142 valence electrons. The van der Waals surface area contributed by atoms with E-state index in [1.807, 2.05) is 19.2 Å². The van der Waals surface area contributed by atoms with Gasteiger partial charge in [0.2, 0.25) is 0 Å². The van der Waals surface area contributed by atoms with E-state index in [0.29, 0.717) is 5.57 Å². The highest BCUT2D eigenvalue weighted by Crippen LogP contribution is 2.38. The van der Waals surface area contributed by atoms with E-state index < -0.39 is 0 Å². The monoisotopic (exact) mass is 348 g/mol. The topological polar surface area (TPSA) is 61.6 Å². The number of nitrogens with two attached hydrogens (primary N) is 1. The van der Waals surface area contributed by atoms with Crippen LogP contribution in [0.2, 0.25) is 0 Å². The van der Waals surface area contributed by atoms with E-state index in [9.17, 15) is 4.79 Å². The smallest absolute Gasteiger partial charge is 0.265 e. The van der Waals surface area contributed by atoms with Crippen LogP contribution in [0.4, 0.5) is 0 Å². The fourth-order valence-corrected chi connectivity index (χ4v) is 2.78. The maximum Gasteiger partial charge on any atom is 0.265 e. The lowest BCUT2D eigenvalue weighted by Crippen LogP contribution is -2.32. The van der Waals surface area contributed by atoms with Crippen LogP contribution in [0.3, 0.4) is 0 Å². The third kappa shape index (κ3) is 6.94. The molecule has 2 unspecified atom stereocenters. The van der Waals surface area contributed by atoms with Crippen LogP contribution >= 0.6 is 0 Å². The largest absolute Gasteiger partial charge is 0.378 e. The van der Waals surface area contributed by atoms with Gasteiger partial charge in [-0.2, -0.15) is 0 Å². The first kappa shape index (κ1) is 21.3. The number of hydrazine groups is 1. The first-order chi connectivity index (χ1) is 11.8. The maximum atomic E-state index is 12.2. The average Bonchev–Trinajstić information content (AvgIpc) is 3.30. The summed E-state index contributed by atoms with van der Waals surface area (Å²) in [5, 5.41) is 0. The number of likely N-dealkylation sites (N-methyl/N-ethyl adjacent to an activating group) is 1. The molecule has 0 spiro atoms. The van der Waals surface area contributed by atoms with Gasteiger partial charge < -0.3 is 9.80 Å². The molecule has 0 saturated heterocycles. The van der Waals surface area contributed by atoms with Crippen molar-refractivity contribution < 1.29 is 4.79 Å². The number of carbonyl (C=O) groups is 1. The number of nitrogens with zero attached hydrogens (tertiary/aromatic N) is 2. The van der Waals surface area contributed by atoms with E-state index in [1.165, 1.54) is 6.42 Å². The van der Waals surface area contributed by atoms with Gasteiger partial charge in [0, 0.05) is 44.2 Å². The minimum atomic E-state index is -0.284. The third-order valence-electron chi connectivity index (χ3n) is 5.06. The molecular weight excluding hydrogens is 312 g/mol. The van der Waals surface area contributed by atoms with Gasteiger partial charge in [-0.05, 0) is 50.2 Å². The van der Waals surface area contributed by atoms with E-state index in [0.717, 1.165) is 55.6 Å². The van der Waals surface area contributed by atoms with Crippen LogP contribution < -0.4 is 11.3 Å². The number of hydrogen-bond acceptors (Lipinski definition) is 4. The first-order valence-corrected chi connectivity index (χ1v) is 9.38. The summed E-state index contributed by atoms with van der Waals surface area (Å²) in [6.45, 7) is 12.6. The molecule has 0 aromatic rings. The van der Waals surface area contributed by atoms with E-state index >= 15 is 0 Å². The third-order valence-corrected chi connectivity index (χ3v) is 5.06. The number of allylic oxidation sites excluding steroid dienone is 2. The van der Waals surface area contributed by atoms with Gasteiger partial charge in [-0.25, -0.2) is 5.84 Å². The zero-order valence-corrected chi connectivity index (χ0v) is 16.6. The molecule has 1 fully saturated rings. The molecule has 1 aliphatic rings. The van der Waals surface area contributed by atoms with Crippen LogP contribution in [-0.4, -0.2) is 42.9 Å². The molecule has 1 aliphatic carbocycles. The summed E-state index contributed by atoms with van der Waals surface area (Å²) in [7, 11) is 4.08. The van der Waals surface area contributed by atoms with E-state index in [2.05, 4.69) is 49.6 Å². The summed E-state index contributed by atoms with van der Waals surface area (Å²) in [6.07, 6.45) is 8.21. The molecule has 1 rings (SSSR count). The molecule has 3 N–H and O–H groups in total. The zero-order chi connectivity index (χ0) is 19.0. The van der Waals surface area contributed by atoms with Gasteiger partial charge in [0.1, 0.15) is 0 Å². The molecule has 5 nitrogen and oxygen atoms in total. The number of rotatable bonds is 11. The molecule has 2 atom stereocenters. The Bertz CT molecular complexity index is 524. The van der Waals surface area contributed by atoms with E-state index in [4.69, 9.17) is 5.84 Å². The molecule has 0 aromatic heterocycles. The molecule has 0 bridgehead atoms. The minimum Gasteiger partial charge on any atom is -0.378 e. The van der Waals surface area contributed by atoms with Gasteiger partial charge in [-0.1, -0.05) is 26.8 Å². The van der Waals surface area contributed by atoms with E-state index in [1.54, 1.807) is 0 Å². The molecule has 0 aromatic carbocycles. The highest BCUT2D eigenvalue weighted by Gasteiger charge is 2.33. The second-order valence-electron chi connectivity index (χ2n) is 7.17. The van der Waals surface area contributed by atoms with Gasteiger partial charge in [0.05, 0.1) is 0 Å². The molecule has 1 amide bonds. The molecule has 0 aliphatic heterocycles. The second-order valence-corrected chi connectivity index (χ2v) is 7.17. The summed E-state index contributed by atoms with van der Waals surface area (Å²) in [6, 6.07) is 0. The average molecular weight is 349 g/mol. The highest BCUT2D eigenvalue weighted by atomic mass is 16.2. The summed E-state index contributed by atoms with van der Waals surface area (Å²) in [5.74, 6) is 6.64. The Labute approximate surface area is 153 Å². The van der Waals surface area contributed by atoms with Gasteiger partial charge in [0.15, 0.2) is 0 Å². The fraction of sp³-hybridized carbons (Fsp3) is 0.650. The number of nitrogens with one attached hydrogen (secondary N) is 1. The summed E-state index contributed by atoms with van der Waals surface area (Å²) in [5.41, 5.74) is 4.79. The fourth-order valence-electron chi connectivity index (χ4n) is 2.78. The Morgan fingerprint density at radius 2 is 1.92 bits per heavy atom. The van der Waals surface area contributed by atoms with Crippen molar-refractivity contribution in [3.8, 4) is 0 Å². The Morgan fingerprint density at radius 1 is 1.28 bits per heavy atom. The predicted molar refractivity (Wildman–Crippen MR) is 105 cm³/mol. The molecule has 25 heavy (non-hydrogen) atoms. The standard InChI is InChI=1S/C20H36N4O/c1-7-9-10-19(23(5)8-2)13-17(20(25)22-21)12-16(4)24(6)14-18-11-15(18)3/h12-13,15,18H,4,7-11,14,21H2,1-3,5-6H3,(H,22,25)/b17-12+,19-13+. The van der Waals surface area contributed by atoms with Gasteiger partial charge >= 0.3 is 0 Å². The van der Waals surface area contributed by atoms with Gasteiger partial charge in [-0.3, -0.25) is 10.2 Å². The second kappa shape index (κ2) is 10.3. The number of carbonyl (C=O) groups excluding carboxylic acids is 1. The molecule has 1 saturated carbocycles. The zero-order valence-electron chi connectivity index (χ0n) is 16.6. The Hall–Kier alpha value is -1.75. The molecular formula is C20H36N4O. The predicted octanol–water partition coefficient (Wildman–Crippen LogP) is 3.03. The van der Waals surface area contributed by atoms with Crippen molar-refractivity contribution in [3.05, 3.63) is 35.7 Å². The molecule has 0 heterocycles. The Kier molecular flexibility index (Phi) is 8.76. The summed E-state index contributed by atoms with van der Waals surface area (Å²) in [4.78, 5) is 16.5. The van der Waals surface area contributed by atoms with Crippen LogP contribution in [0, 0.1) is 11.8 Å². The van der Waals surface area contributed by atoms with Crippen LogP contribution in [0.5, 0.6) is 0 Å². The highest BCUT2D eigenvalue weighted by molar-refractivity contribution is 5.96. The van der Waals surface area contributed by atoms with Crippen molar-refractivity contribution in [1.29, 1.82) is 0 Å². The minimum absolute atomic E-state index is 0.284. The maximum absolute atomic E-state index is 12.2. The normalized spacial score (nSPS) is 20.2. The van der Waals surface area contributed by atoms with Crippen molar-refractivity contribution in [2.45, 2.75) is 46.5 Å². The number of unbranched alkanes of at least 4 members (excludes halogenated alkanes) is 1. The lowest BCUT2D eigenvalue weighted by Gasteiger charge is -2.22. The van der Waals surface area contributed by atoms with Crippen LogP contribution in [-0.2, 0) is 4.79 Å². The van der Waals surface area contributed by atoms with Crippen molar-refractivity contribution in [3.63, 3.8) is 0 Å². The van der Waals surface area contributed by atoms with Crippen LogP contribution in [0.15, 0.2) is 35.7 Å². The summed E-state index contributed by atoms with van der Waals surface area (Å²) < 4.78 is 0. The van der Waals surface area contributed by atoms with Crippen molar-refractivity contribution in [1.82, 2.24) is 15.2 Å². The number of hydrogen-bond donors (Lipinski definition) is 2. The van der Waals surface area contributed by atoms with Gasteiger partial charge in [0.25, 0.3) is 5.91 Å². The molecule has 5 heteroatoms. The van der Waals surface area contributed by atoms with Crippen molar-refractivity contribution in [2.24, 2.45) is 17.7 Å². The Morgan fingerprint density at radius 3 is 2.40 bits per heavy atom. The van der Waals surface area contributed by atoms with Gasteiger partial charge in [-0.15, -0.1) is 0 Å². The van der Waals surface area contributed by atoms with Crippen molar-refractivity contribution in [2.75, 3.05) is 27.2 Å². The number of amides is 1.